The zero-order valence-electron chi connectivity index (χ0n) is 26.0. The highest BCUT2D eigenvalue weighted by molar-refractivity contribution is 7.89. The first kappa shape index (κ1) is 34.4. The Morgan fingerprint density at radius 3 is 1.98 bits per heavy atom. The van der Waals surface area contributed by atoms with Gasteiger partial charge in [-0.25, -0.2) is 22.3 Å². The Kier molecular flexibility index (Phi) is 11.0. The molecule has 0 spiro atoms. The molecule has 14 heteroatoms. The van der Waals surface area contributed by atoms with E-state index in [1.165, 1.54) is 30.5 Å². The summed E-state index contributed by atoms with van der Waals surface area (Å²) in [5.74, 6) is -0.627. The number of hydrogen-bond acceptors (Lipinski definition) is 8. The number of nitrogens with zero attached hydrogens (tertiary/aromatic N) is 3. The molecule has 0 aromatic heterocycles. The number of amides is 2. The summed E-state index contributed by atoms with van der Waals surface area (Å²) in [6.45, 7) is 0.917. The van der Waals surface area contributed by atoms with E-state index in [1.54, 1.807) is 60.7 Å². The van der Waals surface area contributed by atoms with Gasteiger partial charge in [0.1, 0.15) is 11.8 Å². The molecule has 2 N–H and O–H groups in total. The van der Waals surface area contributed by atoms with Gasteiger partial charge in [0.15, 0.2) is 6.61 Å². The van der Waals surface area contributed by atoms with Gasteiger partial charge in [0, 0.05) is 19.6 Å². The third-order valence-electron chi connectivity index (χ3n) is 7.64. The number of sulfonamides is 2. The Morgan fingerprint density at radius 2 is 1.38 bits per heavy atom. The molecule has 4 aromatic rings. The maximum atomic E-state index is 13.6. The molecule has 0 radical (unpaired) electrons. The average molecular weight is 690 g/mol. The average Bonchev–Trinajstić information content (AvgIpc) is 3.12. The maximum Gasteiger partial charge on any atom is 0.259 e. The van der Waals surface area contributed by atoms with Gasteiger partial charge in [-0.1, -0.05) is 66.7 Å². The third kappa shape index (κ3) is 8.33. The van der Waals surface area contributed by atoms with Crippen molar-refractivity contribution in [2.75, 3.05) is 26.2 Å². The standard InChI is InChI=1S/C34H35N5O7S2/c1-26(28-11-5-2-6-12-28)36-33(40)25-46-29-19-17-27(18-20-29)23-35-37-34(41)32-24-38(47(42,43)30-13-7-3-8-14-30)21-22-39(32)48(44,45)31-15-9-4-10-16-31/h2-20,23,26,32H,21-22,24-25H2,1H3,(H,36,40)(H,37,41)/b35-23-/t26-,32+/m0/s1. The van der Waals surface area contributed by atoms with Crippen molar-refractivity contribution >= 4 is 38.1 Å². The summed E-state index contributed by atoms with van der Waals surface area (Å²) in [7, 11) is -8.15. The van der Waals surface area contributed by atoms with Crippen molar-refractivity contribution in [2.24, 2.45) is 5.10 Å². The molecule has 5 rings (SSSR count). The Morgan fingerprint density at radius 1 is 0.812 bits per heavy atom. The molecule has 0 unspecified atom stereocenters. The summed E-state index contributed by atoms with van der Waals surface area (Å²) in [5.41, 5.74) is 3.93. The van der Waals surface area contributed by atoms with Crippen LogP contribution in [-0.4, -0.2) is 75.8 Å². The largest absolute Gasteiger partial charge is 0.484 e. The summed E-state index contributed by atoms with van der Waals surface area (Å²) in [6.07, 6.45) is 1.35. The van der Waals surface area contributed by atoms with Crippen molar-refractivity contribution in [3.8, 4) is 5.75 Å². The number of nitrogens with one attached hydrogen (secondary N) is 2. The van der Waals surface area contributed by atoms with Gasteiger partial charge in [0.05, 0.1) is 22.0 Å². The van der Waals surface area contributed by atoms with E-state index in [1.807, 2.05) is 37.3 Å². The van der Waals surface area contributed by atoms with Crippen molar-refractivity contribution in [3.63, 3.8) is 0 Å². The van der Waals surface area contributed by atoms with Gasteiger partial charge in [-0.05, 0) is 66.6 Å². The predicted octanol–water partition coefficient (Wildman–Crippen LogP) is 3.16. The van der Waals surface area contributed by atoms with Gasteiger partial charge < -0.3 is 10.1 Å². The van der Waals surface area contributed by atoms with Crippen molar-refractivity contribution < 1.29 is 31.2 Å². The highest BCUT2D eigenvalue weighted by Gasteiger charge is 2.43. The van der Waals surface area contributed by atoms with Crippen LogP contribution in [0.15, 0.2) is 130 Å². The third-order valence-corrected chi connectivity index (χ3v) is 11.4. The van der Waals surface area contributed by atoms with E-state index in [0.29, 0.717) is 11.3 Å². The zero-order valence-corrected chi connectivity index (χ0v) is 27.7. The first-order valence-electron chi connectivity index (χ1n) is 15.1. The van der Waals surface area contributed by atoms with Crippen molar-refractivity contribution in [1.29, 1.82) is 0 Å². The quantitative estimate of drug-likeness (QED) is 0.171. The summed E-state index contributed by atoms with van der Waals surface area (Å²) in [5, 5.41) is 6.88. The smallest absolute Gasteiger partial charge is 0.259 e. The Balaban J connectivity index is 1.23. The molecule has 1 aliphatic rings. The second kappa shape index (κ2) is 15.3. The second-order valence-corrected chi connectivity index (χ2v) is 14.7. The molecular weight excluding hydrogens is 655 g/mol. The zero-order chi connectivity index (χ0) is 34.1. The van der Waals surface area contributed by atoms with Crippen LogP contribution in [0.4, 0.5) is 0 Å². The predicted molar refractivity (Wildman–Crippen MR) is 180 cm³/mol. The molecular formula is C34H35N5O7S2. The molecule has 0 bridgehead atoms. The summed E-state index contributed by atoms with van der Waals surface area (Å²) >= 11 is 0. The van der Waals surface area contributed by atoms with E-state index in [2.05, 4.69) is 15.8 Å². The van der Waals surface area contributed by atoms with Gasteiger partial charge in [0.25, 0.3) is 11.8 Å². The SMILES string of the molecule is C[C@H](NC(=O)COc1ccc(/C=N\NC(=O)[C@H]2CN(S(=O)(=O)c3ccccc3)CCN2S(=O)(=O)c2ccccc2)cc1)c1ccccc1. The van der Waals surface area contributed by atoms with Crippen LogP contribution in [0, 0.1) is 0 Å². The van der Waals surface area contributed by atoms with E-state index in [0.717, 1.165) is 14.2 Å². The summed E-state index contributed by atoms with van der Waals surface area (Å²) < 4.78 is 61.6. The molecule has 0 saturated carbocycles. The maximum absolute atomic E-state index is 13.6. The van der Waals surface area contributed by atoms with Crippen molar-refractivity contribution in [2.45, 2.75) is 28.8 Å². The van der Waals surface area contributed by atoms with Gasteiger partial charge in [-0.2, -0.15) is 13.7 Å². The lowest BCUT2D eigenvalue weighted by Gasteiger charge is -2.38. The lowest BCUT2D eigenvalue weighted by atomic mass is 10.1. The first-order chi connectivity index (χ1) is 23.1. The molecule has 2 atom stereocenters. The Labute approximate surface area is 280 Å². The highest BCUT2D eigenvalue weighted by Crippen LogP contribution is 2.25. The number of piperazine rings is 1. The Bertz CT molecular complexity index is 1940. The number of carbonyl (C=O) groups is 2. The normalized spacial score (nSPS) is 16.6. The first-order valence-corrected chi connectivity index (χ1v) is 18.0. The minimum atomic E-state index is -4.15. The fourth-order valence-electron chi connectivity index (χ4n) is 5.08. The number of ether oxygens (including phenoxy) is 1. The summed E-state index contributed by atoms with van der Waals surface area (Å²) in [4.78, 5) is 25.8. The number of hydrogen-bond donors (Lipinski definition) is 2. The minimum absolute atomic E-state index is 0.0174. The van der Waals surface area contributed by atoms with Crippen LogP contribution >= 0.6 is 0 Å². The number of rotatable bonds is 12. The fraction of sp³-hybridized carbons (Fsp3) is 0.206. The van der Waals surface area contributed by atoms with Crippen LogP contribution in [0.25, 0.3) is 0 Å². The van der Waals surface area contributed by atoms with Gasteiger partial charge >= 0.3 is 0 Å². The molecule has 0 aliphatic carbocycles. The minimum Gasteiger partial charge on any atom is -0.484 e. The molecule has 1 saturated heterocycles. The molecule has 4 aromatic carbocycles. The second-order valence-electron chi connectivity index (χ2n) is 10.9. The van der Waals surface area contributed by atoms with Crippen LogP contribution in [0.1, 0.15) is 24.1 Å². The molecule has 12 nitrogen and oxygen atoms in total. The monoisotopic (exact) mass is 689 g/mol. The lowest BCUT2D eigenvalue weighted by molar-refractivity contribution is -0.126. The molecule has 2 amide bonds. The fourth-order valence-corrected chi connectivity index (χ4v) is 8.13. The summed E-state index contributed by atoms with van der Waals surface area (Å²) in [6, 6.07) is 30.0. The van der Waals surface area contributed by atoms with Gasteiger partial charge in [-0.3, -0.25) is 9.59 Å². The molecule has 48 heavy (non-hydrogen) atoms. The van der Waals surface area contributed by atoms with Crippen LogP contribution in [0.2, 0.25) is 0 Å². The van der Waals surface area contributed by atoms with E-state index in [-0.39, 0.29) is 41.4 Å². The highest BCUT2D eigenvalue weighted by atomic mass is 32.2. The number of benzene rings is 4. The van der Waals surface area contributed by atoms with Crippen LogP contribution in [0.3, 0.4) is 0 Å². The van der Waals surface area contributed by atoms with Gasteiger partial charge in [-0.15, -0.1) is 0 Å². The molecule has 1 heterocycles. The van der Waals surface area contributed by atoms with E-state index >= 15 is 0 Å². The van der Waals surface area contributed by atoms with Gasteiger partial charge in [0.2, 0.25) is 20.0 Å². The molecule has 1 aliphatic heterocycles. The molecule has 1 fully saturated rings. The van der Waals surface area contributed by atoms with Crippen LogP contribution in [-0.2, 0) is 29.6 Å². The van der Waals surface area contributed by atoms with Crippen molar-refractivity contribution in [1.82, 2.24) is 19.4 Å². The molecule has 250 valence electrons. The topological polar surface area (TPSA) is 155 Å². The van der Waals surface area contributed by atoms with E-state index < -0.39 is 38.5 Å². The Hall–Kier alpha value is -4.89. The number of hydrazone groups is 1. The lowest BCUT2D eigenvalue weighted by Crippen LogP contribution is -2.60. The van der Waals surface area contributed by atoms with E-state index in [4.69, 9.17) is 4.74 Å². The van der Waals surface area contributed by atoms with Crippen LogP contribution in [0.5, 0.6) is 5.75 Å². The number of carbonyl (C=O) groups excluding carboxylic acids is 2. The van der Waals surface area contributed by atoms with Crippen LogP contribution < -0.4 is 15.5 Å². The van der Waals surface area contributed by atoms with Crippen molar-refractivity contribution in [3.05, 3.63) is 126 Å². The van der Waals surface area contributed by atoms with E-state index in [9.17, 15) is 26.4 Å².